The Morgan fingerprint density at radius 1 is 0.926 bits per heavy atom. The van der Waals surface area contributed by atoms with Gasteiger partial charge in [0.15, 0.2) is 5.78 Å². The second-order valence-electron chi connectivity index (χ2n) is 6.43. The van der Waals surface area contributed by atoms with Crippen molar-refractivity contribution >= 4 is 5.78 Å². The lowest BCUT2D eigenvalue weighted by atomic mass is 9.92. The van der Waals surface area contributed by atoms with Crippen LogP contribution < -0.4 is 9.47 Å². The van der Waals surface area contributed by atoms with Crippen LogP contribution in [0, 0.1) is 0 Å². The topological polar surface area (TPSA) is 44.8 Å². The first-order chi connectivity index (χ1) is 13.2. The van der Waals surface area contributed by atoms with Crippen LogP contribution in [0.4, 0.5) is 0 Å². The summed E-state index contributed by atoms with van der Waals surface area (Å²) in [6.07, 6.45) is 0.0806. The summed E-state index contributed by atoms with van der Waals surface area (Å²) in [5.41, 5.74) is 2.29. The second kappa shape index (κ2) is 7.25. The van der Waals surface area contributed by atoms with Crippen LogP contribution in [0.15, 0.2) is 78.9 Å². The minimum absolute atomic E-state index is 0.0642. The van der Waals surface area contributed by atoms with Crippen molar-refractivity contribution in [2.75, 3.05) is 7.11 Å². The zero-order chi connectivity index (χ0) is 18.7. The number of carbonyl (C=O) groups is 1. The molecule has 0 aliphatic carbocycles. The lowest BCUT2D eigenvalue weighted by Crippen LogP contribution is -2.42. The molecule has 27 heavy (non-hydrogen) atoms. The molecule has 0 saturated heterocycles. The van der Waals surface area contributed by atoms with E-state index in [0.717, 1.165) is 11.1 Å². The van der Waals surface area contributed by atoms with Crippen molar-refractivity contribution in [3.05, 3.63) is 95.6 Å². The molecule has 4 nitrogen and oxygen atoms in total. The van der Waals surface area contributed by atoms with Gasteiger partial charge in [-0.05, 0) is 17.7 Å². The molecule has 0 saturated carbocycles. The molecule has 0 radical (unpaired) electrons. The van der Waals surface area contributed by atoms with Crippen LogP contribution in [0.3, 0.4) is 0 Å². The molecule has 0 bridgehead atoms. The number of Topliss-reactive ketones (excluding diaryl/α,β-unsaturated/α-hetero) is 1. The number of methoxy groups -OCH3 is 1. The van der Waals surface area contributed by atoms with Gasteiger partial charge in [-0.2, -0.15) is 0 Å². The van der Waals surface area contributed by atoms with Gasteiger partial charge in [0.25, 0.3) is 0 Å². The van der Waals surface area contributed by atoms with Crippen LogP contribution in [0.25, 0.3) is 0 Å². The Kier molecular flexibility index (Phi) is 4.65. The molecule has 0 amide bonds. The Balaban J connectivity index is 1.74. The summed E-state index contributed by atoms with van der Waals surface area (Å²) < 4.78 is 17.9. The summed E-state index contributed by atoms with van der Waals surface area (Å²) in [6.45, 7) is 0.336. The zero-order valence-corrected chi connectivity index (χ0v) is 15.1. The quantitative estimate of drug-likeness (QED) is 0.660. The van der Waals surface area contributed by atoms with E-state index in [2.05, 4.69) is 0 Å². The van der Waals surface area contributed by atoms with Crippen LogP contribution in [0.5, 0.6) is 11.5 Å². The summed E-state index contributed by atoms with van der Waals surface area (Å²) in [5.74, 6) is -0.247. The average molecular weight is 360 g/mol. The number of ether oxygens (including phenoxy) is 3. The van der Waals surface area contributed by atoms with Gasteiger partial charge in [0.1, 0.15) is 17.1 Å². The van der Waals surface area contributed by atoms with Crippen molar-refractivity contribution < 1.29 is 19.0 Å². The monoisotopic (exact) mass is 360 g/mol. The Labute approximate surface area is 158 Å². The number of hydrogen-bond acceptors (Lipinski definition) is 4. The first-order valence-electron chi connectivity index (χ1n) is 8.84. The molecule has 1 atom stereocenters. The SMILES string of the molecule is COc1cccc2c1C(=O)CC(OCc1ccccc1)(c1ccccc1)O2. The average Bonchev–Trinajstić information content (AvgIpc) is 2.73. The fraction of sp³-hybridized carbons (Fsp3) is 0.174. The Hall–Kier alpha value is -3.11. The maximum Gasteiger partial charge on any atom is 0.245 e. The third kappa shape index (κ3) is 3.32. The standard InChI is InChI=1S/C23H20O4/c1-25-20-13-8-14-21-22(20)19(24)15-23(27-21,18-11-6-3-7-12-18)26-16-17-9-4-2-5-10-17/h2-14H,15-16H2,1H3. The summed E-state index contributed by atoms with van der Waals surface area (Å²) in [5, 5.41) is 0. The lowest BCUT2D eigenvalue weighted by Gasteiger charge is -2.38. The lowest BCUT2D eigenvalue weighted by molar-refractivity contribution is -0.201. The highest BCUT2D eigenvalue weighted by atomic mass is 16.7. The maximum absolute atomic E-state index is 13.0. The van der Waals surface area contributed by atoms with Gasteiger partial charge in [-0.15, -0.1) is 0 Å². The van der Waals surface area contributed by atoms with Gasteiger partial charge < -0.3 is 14.2 Å². The molecule has 0 N–H and O–H groups in total. The van der Waals surface area contributed by atoms with E-state index in [1.807, 2.05) is 66.7 Å². The van der Waals surface area contributed by atoms with Crippen molar-refractivity contribution in [2.24, 2.45) is 0 Å². The first-order valence-corrected chi connectivity index (χ1v) is 8.84. The number of hydrogen-bond donors (Lipinski definition) is 0. The molecular formula is C23H20O4. The number of ketones is 1. The van der Waals surface area contributed by atoms with Gasteiger partial charge in [0, 0.05) is 5.56 Å². The van der Waals surface area contributed by atoms with E-state index in [4.69, 9.17) is 14.2 Å². The van der Waals surface area contributed by atoms with Gasteiger partial charge in [-0.1, -0.05) is 66.7 Å². The van der Waals surface area contributed by atoms with Gasteiger partial charge in [-0.3, -0.25) is 4.79 Å². The highest BCUT2D eigenvalue weighted by Gasteiger charge is 2.44. The Bertz CT molecular complexity index is 937. The van der Waals surface area contributed by atoms with Crippen LogP contribution in [-0.4, -0.2) is 12.9 Å². The highest BCUT2D eigenvalue weighted by molar-refractivity contribution is 6.02. The van der Waals surface area contributed by atoms with E-state index in [-0.39, 0.29) is 12.2 Å². The maximum atomic E-state index is 13.0. The third-order valence-electron chi connectivity index (χ3n) is 4.68. The molecule has 1 heterocycles. The van der Waals surface area contributed by atoms with Crippen molar-refractivity contribution in [2.45, 2.75) is 18.8 Å². The third-order valence-corrected chi connectivity index (χ3v) is 4.68. The molecule has 136 valence electrons. The minimum Gasteiger partial charge on any atom is -0.496 e. The molecule has 1 aliphatic rings. The number of carbonyl (C=O) groups excluding carboxylic acids is 1. The van der Waals surface area contributed by atoms with Gasteiger partial charge in [-0.25, -0.2) is 0 Å². The molecule has 3 aromatic carbocycles. The summed E-state index contributed by atoms with van der Waals surface area (Å²) >= 11 is 0. The normalized spacial score (nSPS) is 18.5. The van der Waals surface area contributed by atoms with Crippen LogP contribution in [-0.2, 0) is 17.1 Å². The number of rotatable bonds is 5. The number of fused-ring (bicyclic) bond motifs is 1. The van der Waals surface area contributed by atoms with Crippen molar-refractivity contribution in [3.8, 4) is 11.5 Å². The molecule has 1 unspecified atom stereocenters. The fourth-order valence-corrected chi connectivity index (χ4v) is 3.35. The van der Waals surface area contributed by atoms with E-state index in [0.29, 0.717) is 23.7 Å². The van der Waals surface area contributed by atoms with E-state index >= 15 is 0 Å². The van der Waals surface area contributed by atoms with Crippen LogP contribution in [0.1, 0.15) is 27.9 Å². The molecule has 4 rings (SSSR count). The van der Waals surface area contributed by atoms with Crippen LogP contribution >= 0.6 is 0 Å². The molecule has 4 heteroatoms. The van der Waals surface area contributed by atoms with Crippen molar-refractivity contribution in [3.63, 3.8) is 0 Å². The van der Waals surface area contributed by atoms with E-state index in [1.165, 1.54) is 0 Å². The molecular weight excluding hydrogens is 340 g/mol. The van der Waals surface area contributed by atoms with Gasteiger partial charge >= 0.3 is 0 Å². The predicted octanol–water partition coefficient (Wildman–Crippen LogP) is 4.73. The molecule has 0 spiro atoms. The second-order valence-corrected chi connectivity index (χ2v) is 6.43. The van der Waals surface area contributed by atoms with E-state index in [9.17, 15) is 4.79 Å². The molecule has 1 aliphatic heterocycles. The molecule has 0 aromatic heterocycles. The zero-order valence-electron chi connectivity index (χ0n) is 15.1. The Morgan fingerprint density at radius 2 is 1.63 bits per heavy atom. The minimum atomic E-state index is -1.17. The Morgan fingerprint density at radius 3 is 2.33 bits per heavy atom. The summed E-state index contributed by atoms with van der Waals surface area (Å²) in [7, 11) is 1.55. The highest BCUT2D eigenvalue weighted by Crippen LogP contribution is 2.44. The summed E-state index contributed by atoms with van der Waals surface area (Å²) in [4.78, 5) is 13.0. The van der Waals surface area contributed by atoms with E-state index in [1.54, 1.807) is 19.2 Å². The molecule has 3 aromatic rings. The smallest absolute Gasteiger partial charge is 0.245 e. The van der Waals surface area contributed by atoms with Crippen molar-refractivity contribution in [1.82, 2.24) is 0 Å². The largest absolute Gasteiger partial charge is 0.496 e. The number of benzene rings is 3. The van der Waals surface area contributed by atoms with Crippen LogP contribution in [0.2, 0.25) is 0 Å². The van der Waals surface area contributed by atoms with Gasteiger partial charge in [0.05, 0.1) is 20.1 Å². The predicted molar refractivity (Wildman–Crippen MR) is 102 cm³/mol. The van der Waals surface area contributed by atoms with Crippen molar-refractivity contribution in [1.29, 1.82) is 0 Å². The summed E-state index contributed by atoms with van der Waals surface area (Å²) in [6, 6.07) is 24.8. The molecule has 0 fully saturated rings. The van der Waals surface area contributed by atoms with E-state index < -0.39 is 5.79 Å². The fourth-order valence-electron chi connectivity index (χ4n) is 3.35. The van der Waals surface area contributed by atoms with Gasteiger partial charge in [0.2, 0.25) is 5.79 Å². The first kappa shape index (κ1) is 17.3.